The molecule has 0 radical (unpaired) electrons. The van der Waals surface area contributed by atoms with Crippen LogP contribution < -0.4 is 0 Å². The lowest BCUT2D eigenvalue weighted by atomic mass is 9.99. The fraction of sp³-hybridized carbons (Fsp3) is 0.333. The number of rotatable bonds is 5. The Hall–Kier alpha value is -3.15. The van der Waals surface area contributed by atoms with Crippen molar-refractivity contribution in [2.45, 2.75) is 53.4 Å². The standard InChI is InChI=1S/C22H22FN3O2.C2H6/c1-12(2)22-16(5-7-21(27)28)17-10-19-14(11-24-25-19)9-20(17)26(22)15-4-6-18(23)13(3)8-15;1-2/h4,6,8-12H,5,7H2,1-3H3,(H,24,25)(H,27,28);1-2H3. The lowest BCUT2D eigenvalue weighted by Gasteiger charge is -2.16. The zero-order valence-electron chi connectivity index (χ0n) is 18.1. The van der Waals surface area contributed by atoms with Crippen LogP contribution in [0.1, 0.15) is 56.9 Å². The van der Waals surface area contributed by atoms with Gasteiger partial charge in [-0.1, -0.05) is 27.7 Å². The highest BCUT2D eigenvalue weighted by Crippen LogP contribution is 2.37. The van der Waals surface area contributed by atoms with E-state index in [1.54, 1.807) is 19.2 Å². The van der Waals surface area contributed by atoms with Crippen LogP contribution in [0.5, 0.6) is 0 Å². The Kier molecular flexibility index (Phi) is 6.25. The minimum absolute atomic E-state index is 0.0578. The second-order valence-corrected chi connectivity index (χ2v) is 7.51. The van der Waals surface area contributed by atoms with E-state index in [-0.39, 0.29) is 18.2 Å². The van der Waals surface area contributed by atoms with Gasteiger partial charge in [0.2, 0.25) is 0 Å². The van der Waals surface area contributed by atoms with E-state index in [0.29, 0.717) is 12.0 Å². The van der Waals surface area contributed by atoms with Crippen molar-refractivity contribution in [1.29, 1.82) is 0 Å². The van der Waals surface area contributed by atoms with Gasteiger partial charge in [-0.15, -0.1) is 0 Å². The number of aryl methyl sites for hydroxylation is 2. The SMILES string of the molecule is CC.Cc1cc(-n2c(C(C)C)c(CCC(=O)O)c3cc4[nH]ncc4cc32)ccc1F. The van der Waals surface area contributed by atoms with Gasteiger partial charge in [0.1, 0.15) is 5.82 Å². The molecule has 4 rings (SSSR count). The summed E-state index contributed by atoms with van der Waals surface area (Å²) in [6, 6.07) is 9.18. The first kappa shape index (κ1) is 21.6. The number of fused-ring (bicyclic) bond motifs is 2. The number of nitrogens with zero attached hydrogens (tertiary/aromatic N) is 2. The number of carbonyl (C=O) groups is 1. The van der Waals surface area contributed by atoms with Crippen LogP contribution in [0.15, 0.2) is 36.5 Å². The van der Waals surface area contributed by atoms with Crippen molar-refractivity contribution in [1.82, 2.24) is 14.8 Å². The molecule has 0 aliphatic rings. The second-order valence-electron chi connectivity index (χ2n) is 7.51. The maximum absolute atomic E-state index is 13.9. The molecule has 0 saturated carbocycles. The molecule has 0 bridgehead atoms. The first-order chi connectivity index (χ1) is 14.4. The monoisotopic (exact) mass is 409 g/mol. The van der Waals surface area contributed by atoms with Gasteiger partial charge in [0, 0.05) is 28.6 Å². The van der Waals surface area contributed by atoms with Crippen LogP contribution in [-0.2, 0) is 11.2 Å². The molecule has 0 spiro atoms. The molecule has 0 saturated heterocycles. The van der Waals surface area contributed by atoms with E-state index in [9.17, 15) is 14.3 Å². The van der Waals surface area contributed by atoms with Crippen molar-refractivity contribution < 1.29 is 14.3 Å². The Balaban J connectivity index is 0.00000124. The molecule has 0 aliphatic carbocycles. The number of carboxylic acids is 1. The summed E-state index contributed by atoms with van der Waals surface area (Å²) >= 11 is 0. The predicted octanol–water partition coefficient (Wildman–Crippen LogP) is 6.12. The average Bonchev–Trinajstić information content (AvgIpc) is 3.30. The summed E-state index contributed by atoms with van der Waals surface area (Å²) in [6.07, 6.45) is 2.27. The fourth-order valence-corrected chi connectivity index (χ4v) is 3.96. The number of aromatic amines is 1. The lowest BCUT2D eigenvalue weighted by molar-refractivity contribution is -0.136. The lowest BCUT2D eigenvalue weighted by Crippen LogP contribution is -2.06. The molecule has 0 atom stereocenters. The fourth-order valence-electron chi connectivity index (χ4n) is 3.96. The smallest absolute Gasteiger partial charge is 0.303 e. The summed E-state index contributed by atoms with van der Waals surface area (Å²) in [4.78, 5) is 11.3. The topological polar surface area (TPSA) is 70.9 Å². The van der Waals surface area contributed by atoms with Crippen molar-refractivity contribution in [3.8, 4) is 5.69 Å². The minimum Gasteiger partial charge on any atom is -0.481 e. The van der Waals surface area contributed by atoms with Crippen molar-refractivity contribution in [2.75, 3.05) is 0 Å². The third-order valence-electron chi connectivity index (χ3n) is 5.21. The number of nitrogens with one attached hydrogen (secondary N) is 1. The number of aromatic nitrogens is 3. The van der Waals surface area contributed by atoms with Crippen LogP contribution in [0.3, 0.4) is 0 Å². The Morgan fingerprint density at radius 2 is 1.97 bits per heavy atom. The zero-order chi connectivity index (χ0) is 22.0. The maximum Gasteiger partial charge on any atom is 0.303 e. The third-order valence-corrected chi connectivity index (χ3v) is 5.21. The van der Waals surface area contributed by atoms with Gasteiger partial charge < -0.3 is 9.67 Å². The molecule has 2 aromatic heterocycles. The summed E-state index contributed by atoms with van der Waals surface area (Å²) in [5.41, 5.74) is 5.41. The number of aliphatic carboxylic acids is 1. The van der Waals surface area contributed by atoms with Crippen LogP contribution in [0.25, 0.3) is 27.5 Å². The van der Waals surface area contributed by atoms with Crippen LogP contribution in [0, 0.1) is 12.7 Å². The van der Waals surface area contributed by atoms with E-state index in [1.807, 2.05) is 26.0 Å². The van der Waals surface area contributed by atoms with E-state index in [1.165, 1.54) is 6.07 Å². The maximum atomic E-state index is 13.9. The summed E-state index contributed by atoms with van der Waals surface area (Å²) < 4.78 is 16.0. The van der Waals surface area contributed by atoms with Gasteiger partial charge >= 0.3 is 5.97 Å². The average molecular weight is 410 g/mol. The molecule has 158 valence electrons. The van der Waals surface area contributed by atoms with E-state index >= 15 is 0 Å². The molecule has 5 nitrogen and oxygen atoms in total. The van der Waals surface area contributed by atoms with Crippen LogP contribution >= 0.6 is 0 Å². The summed E-state index contributed by atoms with van der Waals surface area (Å²) in [5.74, 6) is -0.900. The first-order valence-electron chi connectivity index (χ1n) is 10.4. The van der Waals surface area contributed by atoms with Crippen molar-refractivity contribution in [3.63, 3.8) is 0 Å². The molecule has 2 aromatic carbocycles. The third kappa shape index (κ3) is 3.82. The molecule has 6 heteroatoms. The van der Waals surface area contributed by atoms with E-state index in [4.69, 9.17) is 0 Å². The summed E-state index contributed by atoms with van der Waals surface area (Å²) in [5, 5.41) is 18.3. The van der Waals surface area contributed by atoms with Gasteiger partial charge in [-0.25, -0.2) is 4.39 Å². The molecule has 2 heterocycles. The minimum atomic E-state index is -0.823. The van der Waals surface area contributed by atoms with E-state index in [2.05, 4.69) is 34.7 Å². The highest BCUT2D eigenvalue weighted by atomic mass is 19.1. The normalized spacial score (nSPS) is 11.2. The van der Waals surface area contributed by atoms with Crippen LogP contribution in [-0.4, -0.2) is 25.8 Å². The van der Waals surface area contributed by atoms with Crippen molar-refractivity contribution in [3.05, 3.63) is 59.2 Å². The molecular weight excluding hydrogens is 381 g/mol. The van der Waals surface area contributed by atoms with Gasteiger partial charge in [0.25, 0.3) is 0 Å². The van der Waals surface area contributed by atoms with Crippen molar-refractivity contribution >= 4 is 27.8 Å². The van der Waals surface area contributed by atoms with Gasteiger partial charge in [-0.3, -0.25) is 9.89 Å². The number of hydrogen-bond donors (Lipinski definition) is 2. The Morgan fingerprint density at radius 3 is 2.60 bits per heavy atom. The summed E-state index contributed by atoms with van der Waals surface area (Å²) in [7, 11) is 0. The summed E-state index contributed by atoms with van der Waals surface area (Å²) in [6.45, 7) is 9.94. The predicted molar refractivity (Wildman–Crippen MR) is 119 cm³/mol. The molecule has 0 amide bonds. The molecule has 0 unspecified atom stereocenters. The van der Waals surface area contributed by atoms with Gasteiger partial charge in [0.05, 0.1) is 17.2 Å². The van der Waals surface area contributed by atoms with Crippen molar-refractivity contribution in [2.24, 2.45) is 0 Å². The molecule has 2 N–H and O–H groups in total. The second kappa shape index (κ2) is 8.69. The van der Waals surface area contributed by atoms with E-state index < -0.39 is 5.97 Å². The number of halogens is 1. The molecule has 0 fully saturated rings. The van der Waals surface area contributed by atoms with Gasteiger partial charge in [-0.05, 0) is 60.7 Å². The quantitative estimate of drug-likeness (QED) is 0.417. The number of benzene rings is 2. The number of hydrogen-bond acceptors (Lipinski definition) is 2. The van der Waals surface area contributed by atoms with Gasteiger partial charge in [-0.2, -0.15) is 5.10 Å². The molecule has 30 heavy (non-hydrogen) atoms. The molecule has 4 aromatic rings. The van der Waals surface area contributed by atoms with Crippen LogP contribution in [0.4, 0.5) is 4.39 Å². The molecule has 0 aliphatic heterocycles. The largest absolute Gasteiger partial charge is 0.481 e. The number of carboxylic acid groups (broad SMARTS) is 1. The Morgan fingerprint density at radius 1 is 1.23 bits per heavy atom. The Bertz CT molecular complexity index is 1200. The number of H-pyrrole nitrogens is 1. The van der Waals surface area contributed by atoms with Crippen LogP contribution in [0.2, 0.25) is 0 Å². The van der Waals surface area contributed by atoms with E-state index in [0.717, 1.165) is 38.8 Å². The molecular formula is C24H28FN3O2. The highest BCUT2D eigenvalue weighted by Gasteiger charge is 2.22. The zero-order valence-corrected chi connectivity index (χ0v) is 18.1. The Labute approximate surface area is 175 Å². The van der Waals surface area contributed by atoms with Gasteiger partial charge in [0.15, 0.2) is 0 Å². The highest BCUT2D eigenvalue weighted by molar-refractivity contribution is 5.98. The first-order valence-corrected chi connectivity index (χ1v) is 10.4.